The average molecular weight is 285 g/mol. The Labute approximate surface area is 128 Å². The predicted octanol–water partition coefficient (Wildman–Crippen LogP) is 3.11. The number of likely N-dealkylation sites (N-methyl/N-ethyl adjacent to an activating group) is 1. The van der Waals surface area contributed by atoms with Gasteiger partial charge in [-0.1, -0.05) is 29.8 Å². The quantitative estimate of drug-likeness (QED) is 0.884. The molecule has 0 fully saturated rings. The van der Waals surface area contributed by atoms with Gasteiger partial charge in [-0.05, 0) is 58.2 Å². The summed E-state index contributed by atoms with van der Waals surface area (Å²) in [6.07, 6.45) is 3.30. The Morgan fingerprint density at radius 3 is 2.57 bits per heavy atom. The van der Waals surface area contributed by atoms with E-state index in [1.165, 1.54) is 28.1 Å². The van der Waals surface area contributed by atoms with Crippen molar-refractivity contribution in [1.29, 1.82) is 0 Å². The number of nitrogens with zero attached hydrogens (tertiary/aromatic N) is 2. The number of aryl methyl sites for hydroxylation is 3. The topological polar surface area (TPSA) is 29.9 Å². The second kappa shape index (κ2) is 6.90. The Morgan fingerprint density at radius 1 is 1.24 bits per heavy atom. The van der Waals surface area contributed by atoms with Crippen LogP contribution in [0, 0.1) is 20.8 Å². The summed E-state index contributed by atoms with van der Waals surface area (Å²) >= 11 is 0. The van der Waals surface area contributed by atoms with Gasteiger partial charge in [0.05, 0.1) is 5.69 Å². The van der Waals surface area contributed by atoms with Gasteiger partial charge in [0, 0.05) is 18.8 Å². The van der Waals surface area contributed by atoms with E-state index in [0.29, 0.717) is 6.04 Å². The second-order valence-corrected chi connectivity index (χ2v) is 5.99. The fourth-order valence-electron chi connectivity index (χ4n) is 2.97. The molecule has 114 valence electrons. The smallest absolute Gasteiger partial charge is 0.0628 e. The lowest BCUT2D eigenvalue weighted by Gasteiger charge is -2.16. The zero-order chi connectivity index (χ0) is 15.4. The molecule has 1 aromatic heterocycles. The molecule has 0 spiro atoms. The molecule has 1 N–H and O–H groups in total. The molecule has 0 amide bonds. The molecular weight excluding hydrogens is 258 g/mol. The molecule has 3 nitrogen and oxygen atoms in total. The van der Waals surface area contributed by atoms with E-state index in [9.17, 15) is 0 Å². The van der Waals surface area contributed by atoms with E-state index >= 15 is 0 Å². The maximum absolute atomic E-state index is 4.51. The van der Waals surface area contributed by atoms with E-state index in [1.54, 1.807) is 0 Å². The van der Waals surface area contributed by atoms with Gasteiger partial charge in [-0.15, -0.1) is 0 Å². The molecule has 3 heteroatoms. The van der Waals surface area contributed by atoms with Crippen molar-refractivity contribution in [2.24, 2.45) is 7.05 Å². The van der Waals surface area contributed by atoms with E-state index in [2.05, 4.69) is 62.5 Å². The first-order valence-electron chi connectivity index (χ1n) is 7.73. The summed E-state index contributed by atoms with van der Waals surface area (Å²) in [7, 11) is 4.08. The van der Waals surface area contributed by atoms with Crippen LogP contribution in [0.25, 0.3) is 0 Å². The zero-order valence-corrected chi connectivity index (χ0v) is 13.9. The largest absolute Gasteiger partial charge is 0.317 e. The summed E-state index contributed by atoms with van der Waals surface area (Å²) in [5.41, 5.74) is 6.61. The fourth-order valence-corrected chi connectivity index (χ4v) is 2.97. The van der Waals surface area contributed by atoms with Gasteiger partial charge >= 0.3 is 0 Å². The molecule has 1 atom stereocenters. The van der Waals surface area contributed by atoms with Crippen molar-refractivity contribution in [2.45, 2.75) is 46.1 Å². The minimum atomic E-state index is 0.505. The summed E-state index contributed by atoms with van der Waals surface area (Å²) < 4.78 is 1.99. The van der Waals surface area contributed by atoms with E-state index in [4.69, 9.17) is 0 Å². The van der Waals surface area contributed by atoms with Crippen molar-refractivity contribution in [3.63, 3.8) is 0 Å². The highest BCUT2D eigenvalue weighted by molar-refractivity contribution is 5.25. The van der Waals surface area contributed by atoms with E-state index in [-0.39, 0.29) is 0 Å². The molecule has 0 saturated carbocycles. The highest BCUT2D eigenvalue weighted by Crippen LogP contribution is 2.16. The molecular formula is C18H27N3. The zero-order valence-electron chi connectivity index (χ0n) is 13.9. The van der Waals surface area contributed by atoms with Crippen LogP contribution in [0.2, 0.25) is 0 Å². The molecule has 0 bridgehead atoms. The van der Waals surface area contributed by atoms with Crippen LogP contribution >= 0.6 is 0 Å². The van der Waals surface area contributed by atoms with Crippen LogP contribution in [0.5, 0.6) is 0 Å². The summed E-state index contributed by atoms with van der Waals surface area (Å²) in [4.78, 5) is 0. The molecule has 0 saturated heterocycles. The molecule has 0 radical (unpaired) electrons. The van der Waals surface area contributed by atoms with Crippen molar-refractivity contribution in [3.8, 4) is 0 Å². The normalized spacial score (nSPS) is 12.6. The van der Waals surface area contributed by atoms with Crippen LogP contribution in [0.3, 0.4) is 0 Å². The third kappa shape index (κ3) is 3.94. The standard InChI is InChI=1S/C18H27N3/c1-13-7-6-8-16(11-13)12-17(19-4)9-10-18-14(2)20-21(5)15(18)3/h6-8,11,17,19H,9-10,12H2,1-5H3. The Morgan fingerprint density at radius 2 is 2.00 bits per heavy atom. The van der Waals surface area contributed by atoms with Gasteiger partial charge in [-0.3, -0.25) is 4.68 Å². The minimum absolute atomic E-state index is 0.505. The molecule has 1 heterocycles. The lowest BCUT2D eigenvalue weighted by Crippen LogP contribution is -2.28. The summed E-state index contributed by atoms with van der Waals surface area (Å²) in [5.74, 6) is 0. The molecule has 2 aromatic rings. The lowest BCUT2D eigenvalue weighted by molar-refractivity contribution is 0.519. The third-order valence-electron chi connectivity index (χ3n) is 4.37. The van der Waals surface area contributed by atoms with Crippen LogP contribution in [-0.4, -0.2) is 22.9 Å². The maximum Gasteiger partial charge on any atom is 0.0628 e. The highest BCUT2D eigenvalue weighted by atomic mass is 15.3. The average Bonchev–Trinajstić information content (AvgIpc) is 2.69. The first-order valence-corrected chi connectivity index (χ1v) is 7.73. The van der Waals surface area contributed by atoms with Gasteiger partial charge in [-0.25, -0.2) is 0 Å². The monoisotopic (exact) mass is 285 g/mol. The van der Waals surface area contributed by atoms with Gasteiger partial charge in [-0.2, -0.15) is 5.10 Å². The number of benzene rings is 1. The Balaban J connectivity index is 1.99. The second-order valence-electron chi connectivity index (χ2n) is 5.99. The molecule has 2 rings (SSSR count). The first kappa shape index (κ1) is 15.8. The Bertz CT molecular complexity index is 599. The first-order chi connectivity index (χ1) is 10.0. The number of nitrogens with one attached hydrogen (secondary N) is 1. The predicted molar refractivity (Wildman–Crippen MR) is 88.7 cm³/mol. The van der Waals surface area contributed by atoms with Gasteiger partial charge in [0.25, 0.3) is 0 Å². The maximum atomic E-state index is 4.51. The van der Waals surface area contributed by atoms with Crippen LogP contribution in [0.15, 0.2) is 24.3 Å². The lowest BCUT2D eigenvalue weighted by atomic mass is 9.97. The molecule has 1 aromatic carbocycles. The van der Waals surface area contributed by atoms with Gasteiger partial charge in [0.1, 0.15) is 0 Å². The number of rotatable bonds is 6. The van der Waals surface area contributed by atoms with Gasteiger partial charge in [0.2, 0.25) is 0 Å². The minimum Gasteiger partial charge on any atom is -0.317 e. The van der Waals surface area contributed by atoms with Crippen LogP contribution in [-0.2, 0) is 19.9 Å². The molecule has 21 heavy (non-hydrogen) atoms. The van der Waals surface area contributed by atoms with Gasteiger partial charge in [0.15, 0.2) is 0 Å². The van der Waals surface area contributed by atoms with E-state index in [0.717, 1.165) is 19.3 Å². The highest BCUT2D eigenvalue weighted by Gasteiger charge is 2.13. The van der Waals surface area contributed by atoms with Crippen molar-refractivity contribution < 1.29 is 0 Å². The van der Waals surface area contributed by atoms with Crippen molar-refractivity contribution in [2.75, 3.05) is 7.05 Å². The van der Waals surface area contributed by atoms with Crippen LogP contribution in [0.1, 0.15) is 34.5 Å². The van der Waals surface area contributed by atoms with Crippen molar-refractivity contribution >= 4 is 0 Å². The molecule has 0 aliphatic heterocycles. The molecule has 1 unspecified atom stereocenters. The molecule has 0 aliphatic rings. The Kier molecular flexibility index (Phi) is 5.18. The third-order valence-corrected chi connectivity index (χ3v) is 4.37. The van der Waals surface area contributed by atoms with Crippen molar-refractivity contribution in [3.05, 3.63) is 52.3 Å². The van der Waals surface area contributed by atoms with Crippen LogP contribution < -0.4 is 5.32 Å². The van der Waals surface area contributed by atoms with E-state index < -0.39 is 0 Å². The van der Waals surface area contributed by atoms with E-state index in [1.807, 2.05) is 11.7 Å². The summed E-state index contributed by atoms with van der Waals surface area (Å²) in [5, 5.41) is 7.96. The van der Waals surface area contributed by atoms with Crippen LogP contribution in [0.4, 0.5) is 0 Å². The van der Waals surface area contributed by atoms with Crippen molar-refractivity contribution in [1.82, 2.24) is 15.1 Å². The number of aromatic nitrogens is 2. The summed E-state index contributed by atoms with van der Waals surface area (Å²) in [6, 6.07) is 9.31. The fraction of sp³-hybridized carbons (Fsp3) is 0.500. The Hall–Kier alpha value is -1.61. The molecule has 0 aliphatic carbocycles. The number of hydrogen-bond donors (Lipinski definition) is 1. The van der Waals surface area contributed by atoms with Gasteiger partial charge < -0.3 is 5.32 Å². The number of hydrogen-bond acceptors (Lipinski definition) is 2. The SMILES string of the molecule is CNC(CCc1c(C)nn(C)c1C)Cc1cccc(C)c1. The summed E-state index contributed by atoms with van der Waals surface area (Å²) in [6.45, 7) is 6.42.